The van der Waals surface area contributed by atoms with Crippen LogP contribution in [0.1, 0.15) is 39.0 Å². The van der Waals surface area contributed by atoms with Crippen LogP contribution in [0.15, 0.2) is 0 Å². The fourth-order valence-electron chi connectivity index (χ4n) is 3.51. The molecule has 0 spiro atoms. The number of ether oxygens (including phenoxy) is 2. The summed E-state index contributed by atoms with van der Waals surface area (Å²) in [6.45, 7) is 7.11. The smallest absolute Gasteiger partial charge is 0.0615 e. The molecule has 0 aromatic carbocycles. The van der Waals surface area contributed by atoms with Gasteiger partial charge in [-0.05, 0) is 32.2 Å². The van der Waals surface area contributed by atoms with E-state index in [0.717, 1.165) is 32.8 Å². The van der Waals surface area contributed by atoms with Crippen LogP contribution in [0.5, 0.6) is 0 Å². The number of hydrogen-bond donors (Lipinski definition) is 1. The fourth-order valence-corrected chi connectivity index (χ4v) is 3.51. The molecule has 4 heteroatoms. The fraction of sp³-hybridized carbons (Fsp3) is 1.00. The molecule has 0 amide bonds. The minimum atomic E-state index is 0.433. The van der Waals surface area contributed by atoms with Crippen LogP contribution in [0, 0.1) is 5.41 Å². The van der Waals surface area contributed by atoms with Gasteiger partial charge in [-0.2, -0.15) is 0 Å². The topological polar surface area (TPSA) is 33.7 Å². The normalized spacial score (nSPS) is 20.2. The van der Waals surface area contributed by atoms with E-state index in [1.165, 1.54) is 32.1 Å². The van der Waals surface area contributed by atoms with E-state index in [0.29, 0.717) is 11.5 Å². The first kappa shape index (κ1) is 17.9. The second kappa shape index (κ2) is 9.72. The third-order valence-corrected chi connectivity index (χ3v) is 4.62. The Morgan fingerprint density at radius 2 is 1.85 bits per heavy atom. The average molecular weight is 286 g/mol. The predicted octanol–water partition coefficient (Wildman–Crippen LogP) is 2.14. The summed E-state index contributed by atoms with van der Waals surface area (Å²) in [5.74, 6) is 0. The van der Waals surface area contributed by atoms with Gasteiger partial charge in [0.15, 0.2) is 0 Å². The Kier molecular flexibility index (Phi) is 8.69. The maximum atomic E-state index is 5.35. The van der Waals surface area contributed by atoms with Gasteiger partial charge < -0.3 is 14.8 Å². The molecule has 4 nitrogen and oxygen atoms in total. The summed E-state index contributed by atoms with van der Waals surface area (Å²) in [7, 11) is 5.65. The van der Waals surface area contributed by atoms with Crippen LogP contribution in [-0.4, -0.2) is 65.1 Å². The molecule has 0 radical (unpaired) electrons. The molecule has 120 valence electrons. The summed E-state index contributed by atoms with van der Waals surface area (Å²) in [4.78, 5) is 2.55. The van der Waals surface area contributed by atoms with E-state index in [1.54, 1.807) is 14.2 Å². The lowest BCUT2D eigenvalue weighted by Crippen LogP contribution is -2.49. The highest BCUT2D eigenvalue weighted by molar-refractivity contribution is 4.88. The molecular formula is C16H34N2O2. The van der Waals surface area contributed by atoms with Crippen LogP contribution < -0.4 is 5.32 Å². The van der Waals surface area contributed by atoms with Crippen molar-refractivity contribution in [2.24, 2.45) is 5.41 Å². The zero-order chi connectivity index (χ0) is 14.8. The quantitative estimate of drug-likeness (QED) is 0.667. The SMILES string of the molecule is CNCC1(CN(CCOC)C(C)COC)CCCCC1. The molecule has 0 saturated heterocycles. The van der Waals surface area contributed by atoms with E-state index in [9.17, 15) is 0 Å². The van der Waals surface area contributed by atoms with Crippen LogP contribution in [0.4, 0.5) is 0 Å². The Morgan fingerprint density at radius 1 is 1.15 bits per heavy atom. The lowest BCUT2D eigenvalue weighted by Gasteiger charge is -2.43. The summed E-state index contributed by atoms with van der Waals surface area (Å²) in [6.07, 6.45) is 6.84. The van der Waals surface area contributed by atoms with Gasteiger partial charge in [-0.1, -0.05) is 19.3 Å². The van der Waals surface area contributed by atoms with Gasteiger partial charge in [-0.15, -0.1) is 0 Å². The highest BCUT2D eigenvalue weighted by atomic mass is 16.5. The van der Waals surface area contributed by atoms with Gasteiger partial charge in [0.05, 0.1) is 13.2 Å². The second-order valence-electron chi connectivity index (χ2n) is 6.36. The first-order chi connectivity index (χ1) is 9.67. The molecular weight excluding hydrogens is 252 g/mol. The van der Waals surface area contributed by atoms with Gasteiger partial charge in [-0.25, -0.2) is 0 Å². The minimum Gasteiger partial charge on any atom is -0.383 e. The van der Waals surface area contributed by atoms with E-state index < -0.39 is 0 Å². The molecule has 0 aromatic heterocycles. The molecule has 1 atom stereocenters. The first-order valence-corrected chi connectivity index (χ1v) is 8.04. The van der Waals surface area contributed by atoms with Crippen molar-refractivity contribution in [3.63, 3.8) is 0 Å². The van der Waals surface area contributed by atoms with E-state index in [1.807, 2.05) is 0 Å². The Bertz CT molecular complexity index is 237. The Hall–Kier alpha value is -0.160. The lowest BCUT2D eigenvalue weighted by molar-refractivity contribution is 0.0301. The van der Waals surface area contributed by atoms with Crippen molar-refractivity contribution < 1.29 is 9.47 Å². The van der Waals surface area contributed by atoms with Crippen molar-refractivity contribution >= 4 is 0 Å². The number of hydrogen-bond acceptors (Lipinski definition) is 4. The summed E-state index contributed by atoms with van der Waals surface area (Å²) >= 11 is 0. The molecule has 0 aromatic rings. The Labute approximate surface area is 125 Å². The molecule has 1 N–H and O–H groups in total. The number of methoxy groups -OCH3 is 2. The van der Waals surface area contributed by atoms with E-state index >= 15 is 0 Å². The number of nitrogens with one attached hydrogen (secondary N) is 1. The largest absolute Gasteiger partial charge is 0.383 e. The van der Waals surface area contributed by atoms with E-state index in [-0.39, 0.29) is 0 Å². The summed E-state index contributed by atoms with van der Waals surface area (Å²) in [5.41, 5.74) is 0.433. The minimum absolute atomic E-state index is 0.433. The summed E-state index contributed by atoms with van der Waals surface area (Å²) in [5, 5.41) is 3.42. The van der Waals surface area contributed by atoms with Gasteiger partial charge in [0.1, 0.15) is 0 Å². The van der Waals surface area contributed by atoms with Crippen LogP contribution in [0.3, 0.4) is 0 Å². The zero-order valence-electron chi connectivity index (χ0n) is 13.9. The summed E-state index contributed by atoms with van der Waals surface area (Å²) in [6, 6.07) is 0.450. The maximum Gasteiger partial charge on any atom is 0.0615 e. The van der Waals surface area contributed by atoms with Crippen molar-refractivity contribution in [2.45, 2.75) is 45.1 Å². The highest BCUT2D eigenvalue weighted by Gasteiger charge is 2.34. The average Bonchev–Trinajstić information content (AvgIpc) is 2.45. The monoisotopic (exact) mass is 286 g/mol. The van der Waals surface area contributed by atoms with Crippen molar-refractivity contribution in [3.8, 4) is 0 Å². The zero-order valence-corrected chi connectivity index (χ0v) is 13.9. The van der Waals surface area contributed by atoms with Gasteiger partial charge in [0.25, 0.3) is 0 Å². The van der Waals surface area contributed by atoms with E-state index in [2.05, 4.69) is 24.2 Å². The molecule has 1 aliphatic rings. The standard InChI is InChI=1S/C16H34N2O2/c1-15(12-20-4)18(10-11-19-3)14-16(13-17-2)8-6-5-7-9-16/h15,17H,5-14H2,1-4H3. The Balaban J connectivity index is 2.66. The van der Waals surface area contributed by atoms with Gasteiger partial charge in [0, 0.05) is 39.9 Å². The van der Waals surface area contributed by atoms with Crippen molar-refractivity contribution in [1.29, 1.82) is 0 Å². The van der Waals surface area contributed by atoms with Crippen LogP contribution in [0.2, 0.25) is 0 Å². The molecule has 1 saturated carbocycles. The van der Waals surface area contributed by atoms with Crippen LogP contribution in [0.25, 0.3) is 0 Å². The van der Waals surface area contributed by atoms with Gasteiger partial charge >= 0.3 is 0 Å². The number of rotatable bonds is 10. The molecule has 0 heterocycles. The molecule has 20 heavy (non-hydrogen) atoms. The molecule has 1 rings (SSSR count). The third kappa shape index (κ3) is 5.68. The van der Waals surface area contributed by atoms with Crippen molar-refractivity contribution in [3.05, 3.63) is 0 Å². The molecule has 0 bridgehead atoms. The third-order valence-electron chi connectivity index (χ3n) is 4.62. The van der Waals surface area contributed by atoms with Gasteiger partial charge in [-0.3, -0.25) is 4.90 Å². The van der Waals surface area contributed by atoms with Crippen molar-refractivity contribution in [2.75, 3.05) is 54.1 Å². The molecule has 0 aliphatic heterocycles. The maximum absolute atomic E-state index is 5.35. The van der Waals surface area contributed by atoms with Crippen LogP contribution >= 0.6 is 0 Å². The van der Waals surface area contributed by atoms with Crippen molar-refractivity contribution in [1.82, 2.24) is 10.2 Å². The lowest BCUT2D eigenvalue weighted by atomic mass is 9.73. The highest BCUT2D eigenvalue weighted by Crippen LogP contribution is 2.36. The van der Waals surface area contributed by atoms with Crippen LogP contribution in [-0.2, 0) is 9.47 Å². The molecule has 1 aliphatic carbocycles. The first-order valence-electron chi connectivity index (χ1n) is 8.04. The molecule has 1 fully saturated rings. The predicted molar refractivity (Wildman–Crippen MR) is 84.2 cm³/mol. The number of nitrogens with zero attached hydrogens (tertiary/aromatic N) is 1. The van der Waals surface area contributed by atoms with Gasteiger partial charge in [0.2, 0.25) is 0 Å². The molecule has 1 unspecified atom stereocenters. The summed E-state index contributed by atoms with van der Waals surface area (Å²) < 4.78 is 10.6. The Morgan fingerprint density at radius 3 is 2.40 bits per heavy atom. The second-order valence-corrected chi connectivity index (χ2v) is 6.36. The van der Waals surface area contributed by atoms with E-state index in [4.69, 9.17) is 9.47 Å².